The van der Waals surface area contributed by atoms with Gasteiger partial charge in [0.25, 0.3) is 5.91 Å². The van der Waals surface area contributed by atoms with Crippen LogP contribution in [-0.4, -0.2) is 65.1 Å². The third-order valence-electron chi connectivity index (χ3n) is 4.19. The summed E-state index contributed by atoms with van der Waals surface area (Å²) in [5.74, 6) is -0.253. The van der Waals surface area contributed by atoms with Crippen molar-refractivity contribution in [1.29, 1.82) is 0 Å². The van der Waals surface area contributed by atoms with Gasteiger partial charge in [0.2, 0.25) is 10.0 Å². The highest BCUT2D eigenvalue weighted by Gasteiger charge is 2.28. The minimum atomic E-state index is -3.63. The highest BCUT2D eigenvalue weighted by Crippen LogP contribution is 2.23. The van der Waals surface area contributed by atoms with Crippen molar-refractivity contribution in [2.24, 2.45) is 0 Å². The molecule has 148 valence electrons. The van der Waals surface area contributed by atoms with Gasteiger partial charge in [0.05, 0.1) is 18.1 Å². The Bertz CT molecular complexity index is 691. The Balaban J connectivity index is 0.00000338. The van der Waals surface area contributed by atoms with Gasteiger partial charge in [0.15, 0.2) is 0 Å². The summed E-state index contributed by atoms with van der Waals surface area (Å²) in [6.07, 6.45) is 1.40. The molecular weight excluding hydrogens is 378 g/mol. The highest BCUT2D eigenvalue weighted by molar-refractivity contribution is 7.89. The van der Waals surface area contributed by atoms with Crippen LogP contribution in [0.5, 0.6) is 0 Å². The van der Waals surface area contributed by atoms with Crippen molar-refractivity contribution in [3.63, 3.8) is 0 Å². The smallest absolute Gasteiger partial charge is 0.251 e. The van der Waals surface area contributed by atoms with E-state index in [4.69, 9.17) is 4.74 Å². The molecule has 1 amide bonds. The molecule has 1 aromatic rings. The van der Waals surface area contributed by atoms with Crippen molar-refractivity contribution in [2.75, 3.05) is 46.4 Å². The number of hydrogen-bond acceptors (Lipinski definition) is 5. The van der Waals surface area contributed by atoms with Crippen LogP contribution in [0.3, 0.4) is 0 Å². The molecule has 2 N–H and O–H groups in total. The molecule has 26 heavy (non-hydrogen) atoms. The number of aryl methyl sites for hydroxylation is 1. The van der Waals surface area contributed by atoms with Crippen molar-refractivity contribution >= 4 is 28.3 Å². The lowest BCUT2D eigenvalue weighted by Crippen LogP contribution is -2.41. The molecule has 0 aliphatic carbocycles. The van der Waals surface area contributed by atoms with Gasteiger partial charge in [-0.1, -0.05) is 13.0 Å². The third kappa shape index (κ3) is 5.65. The van der Waals surface area contributed by atoms with Gasteiger partial charge < -0.3 is 15.4 Å². The summed E-state index contributed by atoms with van der Waals surface area (Å²) in [7, 11) is -1.77. The maximum absolute atomic E-state index is 13.0. The van der Waals surface area contributed by atoms with Crippen molar-refractivity contribution in [1.82, 2.24) is 14.9 Å². The zero-order chi connectivity index (χ0) is 18.3. The topological polar surface area (TPSA) is 87.7 Å². The summed E-state index contributed by atoms with van der Waals surface area (Å²) in [5.41, 5.74) is 1.09. The van der Waals surface area contributed by atoms with E-state index >= 15 is 0 Å². The summed E-state index contributed by atoms with van der Waals surface area (Å²) >= 11 is 0. The van der Waals surface area contributed by atoms with Crippen LogP contribution in [0.25, 0.3) is 0 Å². The molecule has 0 atom stereocenters. The minimum Gasteiger partial charge on any atom is -0.379 e. The first kappa shape index (κ1) is 22.9. The summed E-state index contributed by atoms with van der Waals surface area (Å²) in [6, 6.07) is 4.91. The number of morpholine rings is 1. The fraction of sp³-hybridized carbons (Fsp3) is 0.588. The molecule has 9 heteroatoms. The van der Waals surface area contributed by atoms with Crippen LogP contribution in [0.15, 0.2) is 23.1 Å². The molecule has 7 nitrogen and oxygen atoms in total. The predicted molar refractivity (Wildman–Crippen MR) is 104 cm³/mol. The number of ether oxygens (including phenoxy) is 1. The molecule has 0 unspecified atom stereocenters. The Labute approximate surface area is 161 Å². The lowest BCUT2D eigenvalue weighted by Gasteiger charge is -2.27. The van der Waals surface area contributed by atoms with Crippen molar-refractivity contribution in [3.8, 4) is 0 Å². The summed E-state index contributed by atoms with van der Waals surface area (Å²) in [6.45, 7) is 4.73. The number of hydrogen-bond donors (Lipinski definition) is 2. The van der Waals surface area contributed by atoms with Crippen LogP contribution in [0.2, 0.25) is 0 Å². The molecule has 1 saturated heterocycles. The Hall–Kier alpha value is -1.19. The van der Waals surface area contributed by atoms with Crippen LogP contribution in [0.1, 0.15) is 29.3 Å². The van der Waals surface area contributed by atoms with Crippen molar-refractivity contribution in [3.05, 3.63) is 29.3 Å². The highest BCUT2D eigenvalue weighted by atomic mass is 35.5. The first-order chi connectivity index (χ1) is 12.0. The fourth-order valence-corrected chi connectivity index (χ4v) is 4.45. The molecule has 1 heterocycles. The molecule has 1 aliphatic heterocycles. The summed E-state index contributed by atoms with van der Waals surface area (Å²) in [4.78, 5) is 12.5. The Kier molecular flexibility index (Phi) is 9.52. The molecule has 0 radical (unpaired) electrons. The van der Waals surface area contributed by atoms with Gasteiger partial charge >= 0.3 is 0 Å². The number of sulfonamides is 1. The van der Waals surface area contributed by atoms with Crippen LogP contribution in [-0.2, 0) is 21.2 Å². The number of nitrogens with zero attached hydrogens (tertiary/aromatic N) is 1. The fourth-order valence-electron chi connectivity index (χ4n) is 2.72. The largest absolute Gasteiger partial charge is 0.379 e. The number of carbonyl (C=O) groups excluding carboxylic acids is 1. The standard InChI is InChI=1S/C17H27N3O4S.ClH/c1-3-14-5-6-15(17(21)19-8-4-7-18-2)13-16(14)25(22,23)20-9-11-24-12-10-20;/h5-6,13,18H,3-4,7-12H2,1-2H3,(H,19,21);1H. The summed E-state index contributed by atoms with van der Waals surface area (Å²) < 4.78 is 32.6. The van der Waals surface area contributed by atoms with Crippen LogP contribution in [0.4, 0.5) is 0 Å². The molecule has 1 aromatic carbocycles. The van der Waals surface area contributed by atoms with Crippen LogP contribution >= 0.6 is 12.4 Å². The molecule has 1 fully saturated rings. The van der Waals surface area contributed by atoms with Crippen molar-refractivity contribution < 1.29 is 17.9 Å². The first-order valence-corrected chi connectivity index (χ1v) is 10.1. The molecule has 0 aromatic heterocycles. The van der Waals surface area contributed by atoms with E-state index in [1.165, 1.54) is 10.4 Å². The quantitative estimate of drug-likeness (QED) is 0.631. The Morgan fingerprint density at radius 2 is 1.92 bits per heavy atom. The maximum Gasteiger partial charge on any atom is 0.251 e. The zero-order valence-corrected chi connectivity index (χ0v) is 16.9. The van der Waals surface area contributed by atoms with E-state index in [0.29, 0.717) is 44.8 Å². The molecular formula is C17H28ClN3O4S. The molecule has 0 spiro atoms. The number of halogens is 1. The minimum absolute atomic E-state index is 0. The van der Waals surface area contributed by atoms with Crippen molar-refractivity contribution in [2.45, 2.75) is 24.7 Å². The molecule has 0 bridgehead atoms. The molecule has 2 rings (SSSR count). The van der Waals surface area contributed by atoms with Gasteiger partial charge in [-0.05, 0) is 44.1 Å². The molecule has 1 aliphatic rings. The second-order valence-electron chi connectivity index (χ2n) is 5.91. The van der Waals surface area contributed by atoms with E-state index in [1.807, 2.05) is 14.0 Å². The number of benzene rings is 1. The van der Waals surface area contributed by atoms with E-state index in [0.717, 1.165) is 18.5 Å². The maximum atomic E-state index is 13.0. The van der Waals surface area contributed by atoms with Gasteiger partial charge in [-0.2, -0.15) is 4.31 Å². The average Bonchev–Trinajstić information content (AvgIpc) is 2.65. The van der Waals surface area contributed by atoms with Crippen LogP contribution in [0, 0.1) is 0 Å². The average molecular weight is 406 g/mol. The second kappa shape index (κ2) is 10.8. The second-order valence-corrected chi connectivity index (χ2v) is 7.81. The number of amides is 1. The number of rotatable bonds is 8. The van der Waals surface area contributed by atoms with Gasteiger partial charge in [0, 0.05) is 25.2 Å². The Morgan fingerprint density at radius 1 is 1.23 bits per heavy atom. The van der Waals surface area contributed by atoms with Gasteiger partial charge in [-0.15, -0.1) is 12.4 Å². The van der Waals surface area contributed by atoms with E-state index in [1.54, 1.807) is 12.1 Å². The lowest BCUT2D eigenvalue weighted by atomic mass is 10.1. The molecule has 0 saturated carbocycles. The normalized spacial score (nSPS) is 15.3. The van der Waals surface area contributed by atoms with Crippen LogP contribution < -0.4 is 10.6 Å². The first-order valence-electron chi connectivity index (χ1n) is 8.64. The summed E-state index contributed by atoms with van der Waals surface area (Å²) in [5, 5.41) is 5.84. The van der Waals surface area contributed by atoms with Gasteiger partial charge in [-0.25, -0.2) is 8.42 Å². The third-order valence-corrected chi connectivity index (χ3v) is 6.17. The van der Waals surface area contributed by atoms with E-state index in [9.17, 15) is 13.2 Å². The predicted octanol–water partition coefficient (Wildman–Crippen LogP) is 1.03. The zero-order valence-electron chi connectivity index (χ0n) is 15.3. The number of carbonyl (C=O) groups is 1. The van der Waals surface area contributed by atoms with E-state index < -0.39 is 10.0 Å². The lowest BCUT2D eigenvalue weighted by molar-refractivity contribution is 0.0730. The van der Waals surface area contributed by atoms with E-state index in [-0.39, 0.29) is 23.2 Å². The number of nitrogens with one attached hydrogen (secondary N) is 2. The van der Waals surface area contributed by atoms with Gasteiger partial charge in [0.1, 0.15) is 0 Å². The Morgan fingerprint density at radius 3 is 2.54 bits per heavy atom. The van der Waals surface area contributed by atoms with E-state index in [2.05, 4.69) is 10.6 Å². The monoisotopic (exact) mass is 405 g/mol. The SMILES string of the molecule is CCc1ccc(C(=O)NCCCNC)cc1S(=O)(=O)N1CCOCC1.Cl. The van der Waals surface area contributed by atoms with Gasteiger partial charge in [-0.3, -0.25) is 4.79 Å².